The van der Waals surface area contributed by atoms with Gasteiger partial charge in [0.1, 0.15) is 11.5 Å². The molecule has 0 saturated heterocycles. The van der Waals surface area contributed by atoms with Gasteiger partial charge in [-0.1, -0.05) is 94.9 Å². The molecule has 50 heavy (non-hydrogen) atoms. The van der Waals surface area contributed by atoms with Gasteiger partial charge < -0.3 is 8.85 Å². The average Bonchev–Trinajstić information content (AvgIpc) is 3.61. The van der Waals surface area contributed by atoms with Gasteiger partial charge in [0.2, 0.25) is 0 Å². The molecule has 3 aromatic carbocycles. The molecule has 0 aliphatic rings. The summed E-state index contributed by atoms with van der Waals surface area (Å²) in [6.07, 6.45) is 12.4. The van der Waals surface area contributed by atoms with Crippen LogP contribution in [0.4, 0.5) is 0 Å². The number of hydrogen-bond donors (Lipinski definition) is 0. The van der Waals surface area contributed by atoms with E-state index in [1.54, 1.807) is 22.7 Å². The van der Waals surface area contributed by atoms with Crippen molar-refractivity contribution >= 4 is 59.5 Å². The van der Waals surface area contributed by atoms with Crippen LogP contribution in [0.1, 0.15) is 94.2 Å². The predicted molar refractivity (Wildman–Crippen MR) is 227 cm³/mol. The van der Waals surface area contributed by atoms with Crippen LogP contribution in [-0.4, -0.2) is 16.6 Å². The van der Waals surface area contributed by atoms with Crippen molar-refractivity contribution in [2.45, 2.75) is 116 Å². The summed E-state index contributed by atoms with van der Waals surface area (Å²) in [5, 5.41) is 2.20. The molecule has 0 amide bonds. The molecule has 2 aromatic heterocycles. The SMILES string of the molecule is C#Cc1c(-c2ccc(O[Si](C(C)C)(C(C)C)C(C)C)cc2)sc2cc3c(C#C)c(-c4ccc(O[Si](C(C)C)(C(C)C)C(C)C)cc4)sc3cc12. The van der Waals surface area contributed by atoms with Gasteiger partial charge in [0.05, 0.1) is 20.9 Å². The van der Waals surface area contributed by atoms with Gasteiger partial charge in [-0.25, -0.2) is 0 Å². The molecular formula is C44H54O2S2Si2. The van der Waals surface area contributed by atoms with Crippen LogP contribution < -0.4 is 8.85 Å². The van der Waals surface area contributed by atoms with Crippen LogP contribution in [0.3, 0.4) is 0 Å². The second kappa shape index (κ2) is 14.8. The van der Waals surface area contributed by atoms with Gasteiger partial charge in [0.25, 0.3) is 16.6 Å². The zero-order valence-electron chi connectivity index (χ0n) is 32.0. The molecule has 0 atom stereocenters. The highest BCUT2D eigenvalue weighted by Gasteiger charge is 2.48. The van der Waals surface area contributed by atoms with Crippen molar-refractivity contribution in [3.63, 3.8) is 0 Å². The Morgan fingerprint density at radius 2 is 0.760 bits per heavy atom. The van der Waals surface area contributed by atoms with E-state index < -0.39 is 16.6 Å². The van der Waals surface area contributed by atoms with E-state index >= 15 is 0 Å². The maximum Gasteiger partial charge on any atom is 0.258 e. The molecule has 0 N–H and O–H groups in total. The molecule has 0 bridgehead atoms. The first-order valence-electron chi connectivity index (χ1n) is 18.2. The third-order valence-electron chi connectivity index (χ3n) is 11.0. The van der Waals surface area contributed by atoms with Crippen LogP contribution in [-0.2, 0) is 0 Å². The number of hydrogen-bond acceptors (Lipinski definition) is 4. The third-order valence-corrected chi connectivity index (χ3v) is 25.4. The van der Waals surface area contributed by atoms with E-state index in [0.29, 0.717) is 33.2 Å². The van der Waals surface area contributed by atoms with Crippen LogP contribution in [0.25, 0.3) is 41.1 Å². The Bertz CT molecular complexity index is 1850. The largest absolute Gasteiger partial charge is 0.543 e. The Hall–Kier alpha value is -3.27. The number of benzene rings is 3. The fourth-order valence-corrected chi connectivity index (χ4v) is 21.7. The molecule has 262 valence electrons. The van der Waals surface area contributed by atoms with Gasteiger partial charge >= 0.3 is 0 Å². The van der Waals surface area contributed by atoms with Gasteiger partial charge in [-0.2, -0.15) is 0 Å². The molecule has 6 heteroatoms. The van der Waals surface area contributed by atoms with Crippen molar-refractivity contribution in [2.24, 2.45) is 0 Å². The Kier molecular flexibility index (Phi) is 11.2. The minimum absolute atomic E-state index is 0.513. The van der Waals surface area contributed by atoms with Crippen molar-refractivity contribution in [2.75, 3.05) is 0 Å². The maximum absolute atomic E-state index is 6.94. The molecule has 0 saturated carbocycles. The molecule has 0 aliphatic heterocycles. The minimum Gasteiger partial charge on any atom is -0.543 e. The van der Waals surface area contributed by atoms with E-state index in [4.69, 9.17) is 21.7 Å². The minimum atomic E-state index is -2.04. The molecular weight excluding hydrogens is 681 g/mol. The summed E-state index contributed by atoms with van der Waals surface area (Å²) in [7, 11) is -4.09. The van der Waals surface area contributed by atoms with Gasteiger partial charge in [0.15, 0.2) is 0 Å². The zero-order valence-corrected chi connectivity index (χ0v) is 35.7. The number of thiophene rings is 2. The molecule has 0 unspecified atom stereocenters. The zero-order chi connectivity index (χ0) is 36.7. The number of fused-ring (bicyclic) bond motifs is 2. The van der Waals surface area contributed by atoms with E-state index in [2.05, 4.69) is 156 Å². The molecule has 0 fully saturated rings. The Morgan fingerprint density at radius 1 is 0.480 bits per heavy atom. The lowest BCUT2D eigenvalue weighted by molar-refractivity contribution is 0.480. The molecule has 5 aromatic rings. The summed E-state index contributed by atoms with van der Waals surface area (Å²) in [5.74, 6) is 7.97. The van der Waals surface area contributed by atoms with E-state index in [9.17, 15) is 0 Å². The Balaban J connectivity index is 1.50. The quantitative estimate of drug-likeness (QED) is 0.0938. The van der Waals surface area contributed by atoms with Crippen LogP contribution in [0.2, 0.25) is 33.2 Å². The smallest absolute Gasteiger partial charge is 0.258 e. The molecule has 0 radical (unpaired) electrons. The van der Waals surface area contributed by atoms with E-state index in [-0.39, 0.29) is 0 Å². The van der Waals surface area contributed by atoms with Crippen molar-refractivity contribution in [3.8, 4) is 57.1 Å². The predicted octanol–water partition coefficient (Wildman–Crippen LogP) is 14.5. The summed E-state index contributed by atoms with van der Waals surface area (Å²) < 4.78 is 16.2. The van der Waals surface area contributed by atoms with Gasteiger partial charge in [-0.15, -0.1) is 35.5 Å². The van der Waals surface area contributed by atoms with Gasteiger partial charge in [-0.05, 0) is 105 Å². The topological polar surface area (TPSA) is 18.5 Å². The fourth-order valence-electron chi connectivity index (χ4n) is 8.84. The standard InChI is InChI=1S/C44H54O2S2Si2/c1-15-37-39-25-42-40(26-41(39)47-43(37)33-17-21-35(22-18-33)45-49(27(3)4,28(5)6)29(7)8)38(16-2)44(48-42)34-19-23-36(24-20-34)46-50(30(9)10,31(11)12)32(13)14/h1-2,17-32H,3-14H3. The fraction of sp³-hybridized carbons (Fsp3) is 0.409. The first-order chi connectivity index (χ1) is 23.6. The van der Waals surface area contributed by atoms with Crippen LogP contribution in [0, 0.1) is 24.7 Å². The van der Waals surface area contributed by atoms with Crippen molar-refractivity contribution in [1.29, 1.82) is 0 Å². The summed E-state index contributed by atoms with van der Waals surface area (Å²) in [6, 6.07) is 21.7. The summed E-state index contributed by atoms with van der Waals surface area (Å²) >= 11 is 3.47. The maximum atomic E-state index is 6.94. The van der Waals surface area contributed by atoms with Crippen molar-refractivity contribution < 1.29 is 8.85 Å². The van der Waals surface area contributed by atoms with Crippen molar-refractivity contribution in [3.05, 3.63) is 71.8 Å². The lowest BCUT2D eigenvalue weighted by Crippen LogP contribution is -2.50. The molecule has 5 rings (SSSR count). The highest BCUT2D eigenvalue weighted by Crippen LogP contribution is 2.47. The van der Waals surface area contributed by atoms with Crippen LogP contribution in [0.15, 0.2) is 60.7 Å². The highest BCUT2D eigenvalue weighted by atomic mass is 32.1. The van der Waals surface area contributed by atoms with Gasteiger partial charge in [-0.3, -0.25) is 0 Å². The Morgan fingerprint density at radius 3 is 1.00 bits per heavy atom. The molecule has 0 spiro atoms. The third kappa shape index (κ3) is 6.50. The number of terminal acetylenes is 2. The number of rotatable bonds is 12. The van der Waals surface area contributed by atoms with Gasteiger partial charge in [0, 0.05) is 20.2 Å². The van der Waals surface area contributed by atoms with E-state index in [0.717, 1.165) is 63.7 Å². The average molecular weight is 735 g/mol. The monoisotopic (exact) mass is 734 g/mol. The first-order valence-corrected chi connectivity index (χ1v) is 24.1. The lowest BCUT2D eigenvalue weighted by Gasteiger charge is -2.42. The highest BCUT2D eigenvalue weighted by molar-refractivity contribution is 7.24. The van der Waals surface area contributed by atoms with E-state index in [1.165, 1.54) is 0 Å². The van der Waals surface area contributed by atoms with Crippen LogP contribution >= 0.6 is 22.7 Å². The molecule has 2 nitrogen and oxygen atoms in total. The molecule has 2 heterocycles. The first kappa shape index (κ1) is 38.0. The normalized spacial score (nSPS) is 12.6. The van der Waals surface area contributed by atoms with Crippen LogP contribution in [0.5, 0.6) is 11.5 Å². The van der Waals surface area contributed by atoms with Crippen molar-refractivity contribution in [1.82, 2.24) is 0 Å². The molecule has 0 aliphatic carbocycles. The second-order valence-corrected chi connectivity index (χ2v) is 28.5. The second-order valence-electron chi connectivity index (χ2n) is 15.6. The van der Waals surface area contributed by atoms with E-state index in [1.807, 2.05) is 0 Å². The lowest BCUT2D eigenvalue weighted by atomic mass is 10.0. The Labute approximate surface area is 311 Å². The summed E-state index contributed by atoms with van der Waals surface area (Å²) in [5.41, 5.74) is 7.17. The summed E-state index contributed by atoms with van der Waals surface area (Å²) in [6.45, 7) is 27.8. The summed E-state index contributed by atoms with van der Waals surface area (Å²) in [4.78, 5) is 2.21.